The quantitative estimate of drug-likeness (QED) is 0.917. The molecule has 0 amide bonds. The summed E-state index contributed by atoms with van der Waals surface area (Å²) >= 11 is 7.17. The smallest absolute Gasteiger partial charge is 0.128 e. The largest absolute Gasteiger partial charge is 0.368 e. The topological polar surface area (TPSA) is 48.7 Å². The molecule has 0 aliphatic heterocycles. The predicted molar refractivity (Wildman–Crippen MR) is 75.1 cm³/mol. The van der Waals surface area contributed by atoms with Gasteiger partial charge in [-0.05, 0) is 43.1 Å². The van der Waals surface area contributed by atoms with Crippen LogP contribution in [0.4, 0.5) is 5.00 Å². The number of hydrogen-bond donors (Lipinski definition) is 1. The SMILES string of the molecule is Cc1nsc(NC(C)c2ccc(Cl)cc2)c1C#N. The Bertz CT molecular complexity index is 583. The summed E-state index contributed by atoms with van der Waals surface area (Å²) in [7, 11) is 0. The summed E-state index contributed by atoms with van der Waals surface area (Å²) < 4.78 is 4.18. The van der Waals surface area contributed by atoms with Crippen molar-refractivity contribution in [3.05, 3.63) is 46.1 Å². The van der Waals surface area contributed by atoms with E-state index in [1.807, 2.05) is 38.1 Å². The fourth-order valence-electron chi connectivity index (χ4n) is 1.63. The summed E-state index contributed by atoms with van der Waals surface area (Å²) in [6.07, 6.45) is 0. The minimum absolute atomic E-state index is 0.106. The number of aryl methyl sites for hydroxylation is 1. The molecule has 2 rings (SSSR count). The second-order valence-corrected chi connectivity index (χ2v) is 5.21. The summed E-state index contributed by atoms with van der Waals surface area (Å²) in [5.74, 6) is 0. The van der Waals surface area contributed by atoms with E-state index < -0.39 is 0 Å². The molecule has 0 saturated carbocycles. The predicted octanol–water partition coefficient (Wildman–Crippen LogP) is 4.15. The van der Waals surface area contributed by atoms with Crippen molar-refractivity contribution in [2.24, 2.45) is 0 Å². The first kappa shape index (κ1) is 12.9. The number of nitriles is 1. The number of hydrogen-bond acceptors (Lipinski definition) is 4. The molecule has 18 heavy (non-hydrogen) atoms. The lowest BCUT2D eigenvalue weighted by Crippen LogP contribution is -2.06. The second-order valence-electron chi connectivity index (χ2n) is 4.00. The summed E-state index contributed by atoms with van der Waals surface area (Å²) in [5, 5.41) is 13.9. The molecule has 5 heteroatoms. The molecule has 1 atom stereocenters. The zero-order valence-electron chi connectivity index (χ0n) is 10.1. The Morgan fingerprint density at radius 2 is 2.06 bits per heavy atom. The maximum atomic E-state index is 9.07. The van der Waals surface area contributed by atoms with Crippen LogP contribution in [0.3, 0.4) is 0 Å². The van der Waals surface area contributed by atoms with Gasteiger partial charge in [0.1, 0.15) is 16.6 Å². The molecule has 0 aliphatic carbocycles. The minimum Gasteiger partial charge on any atom is -0.368 e. The third-order valence-corrected chi connectivity index (χ3v) is 3.81. The maximum absolute atomic E-state index is 9.07. The monoisotopic (exact) mass is 277 g/mol. The van der Waals surface area contributed by atoms with E-state index in [-0.39, 0.29) is 6.04 Å². The number of nitrogens with zero attached hydrogens (tertiary/aromatic N) is 2. The highest BCUT2D eigenvalue weighted by molar-refractivity contribution is 7.10. The van der Waals surface area contributed by atoms with Crippen molar-refractivity contribution in [1.82, 2.24) is 4.37 Å². The number of anilines is 1. The molecule has 0 spiro atoms. The number of aromatic nitrogens is 1. The van der Waals surface area contributed by atoms with Crippen LogP contribution in [0.5, 0.6) is 0 Å². The summed E-state index contributed by atoms with van der Waals surface area (Å²) in [4.78, 5) is 0. The maximum Gasteiger partial charge on any atom is 0.128 e. The van der Waals surface area contributed by atoms with Gasteiger partial charge in [0, 0.05) is 11.1 Å². The van der Waals surface area contributed by atoms with Crippen LogP contribution in [0.15, 0.2) is 24.3 Å². The van der Waals surface area contributed by atoms with Gasteiger partial charge in [-0.2, -0.15) is 9.64 Å². The lowest BCUT2D eigenvalue weighted by molar-refractivity contribution is 0.888. The standard InChI is InChI=1S/C13H12ClN3S/c1-8(10-3-5-11(14)6-4-10)16-13-12(7-15)9(2)17-18-13/h3-6,8,16H,1-2H3. The number of nitrogens with one attached hydrogen (secondary N) is 1. The average Bonchev–Trinajstić information content (AvgIpc) is 2.70. The van der Waals surface area contributed by atoms with Crippen molar-refractivity contribution in [3.8, 4) is 6.07 Å². The average molecular weight is 278 g/mol. The van der Waals surface area contributed by atoms with Crippen LogP contribution >= 0.6 is 23.1 Å². The first-order valence-electron chi connectivity index (χ1n) is 5.50. The minimum atomic E-state index is 0.106. The Hall–Kier alpha value is -1.57. The second kappa shape index (κ2) is 5.38. The van der Waals surface area contributed by atoms with E-state index >= 15 is 0 Å². The number of benzene rings is 1. The van der Waals surface area contributed by atoms with Crippen molar-refractivity contribution in [2.45, 2.75) is 19.9 Å². The van der Waals surface area contributed by atoms with Crippen LogP contribution in [0.2, 0.25) is 5.02 Å². The molecule has 0 fully saturated rings. The van der Waals surface area contributed by atoms with Crippen molar-refractivity contribution < 1.29 is 0 Å². The van der Waals surface area contributed by atoms with Crippen LogP contribution < -0.4 is 5.32 Å². The summed E-state index contributed by atoms with van der Waals surface area (Å²) in [5.41, 5.74) is 2.52. The highest BCUT2D eigenvalue weighted by atomic mass is 35.5. The van der Waals surface area contributed by atoms with E-state index in [1.165, 1.54) is 11.5 Å². The van der Waals surface area contributed by atoms with E-state index in [9.17, 15) is 0 Å². The number of halogens is 1. The highest BCUT2D eigenvalue weighted by Crippen LogP contribution is 2.28. The summed E-state index contributed by atoms with van der Waals surface area (Å²) in [6.45, 7) is 3.88. The molecule has 1 N–H and O–H groups in total. The summed E-state index contributed by atoms with van der Waals surface area (Å²) in [6, 6.07) is 9.94. The molecule has 92 valence electrons. The molecule has 1 aromatic heterocycles. The Kier molecular flexibility index (Phi) is 3.85. The zero-order chi connectivity index (χ0) is 13.1. The fourth-order valence-corrected chi connectivity index (χ4v) is 2.59. The van der Waals surface area contributed by atoms with E-state index in [0.29, 0.717) is 5.56 Å². The van der Waals surface area contributed by atoms with Gasteiger partial charge in [-0.25, -0.2) is 0 Å². The molecular formula is C13H12ClN3S. The van der Waals surface area contributed by atoms with Gasteiger partial charge in [0.25, 0.3) is 0 Å². The van der Waals surface area contributed by atoms with Crippen LogP contribution in [-0.2, 0) is 0 Å². The Labute approximate surface area is 115 Å². The van der Waals surface area contributed by atoms with Crippen LogP contribution in [0.25, 0.3) is 0 Å². The van der Waals surface area contributed by atoms with Gasteiger partial charge < -0.3 is 5.32 Å². The molecule has 0 aliphatic rings. The zero-order valence-corrected chi connectivity index (χ0v) is 11.6. The molecule has 0 radical (unpaired) electrons. The van der Waals surface area contributed by atoms with E-state index in [4.69, 9.17) is 16.9 Å². The molecule has 2 aromatic rings. The molecule has 1 aromatic carbocycles. The van der Waals surface area contributed by atoms with Gasteiger partial charge in [-0.15, -0.1) is 0 Å². The lowest BCUT2D eigenvalue weighted by Gasteiger charge is -2.14. The number of rotatable bonds is 3. The highest BCUT2D eigenvalue weighted by Gasteiger charge is 2.13. The molecule has 0 bridgehead atoms. The van der Waals surface area contributed by atoms with E-state index in [1.54, 1.807) is 0 Å². The molecule has 1 heterocycles. The van der Waals surface area contributed by atoms with Crippen molar-refractivity contribution in [3.63, 3.8) is 0 Å². The van der Waals surface area contributed by atoms with Crippen LogP contribution in [0, 0.1) is 18.3 Å². The van der Waals surface area contributed by atoms with Gasteiger partial charge in [-0.1, -0.05) is 23.7 Å². The van der Waals surface area contributed by atoms with Crippen molar-refractivity contribution in [2.75, 3.05) is 5.32 Å². The van der Waals surface area contributed by atoms with Gasteiger partial charge in [0.15, 0.2) is 0 Å². The van der Waals surface area contributed by atoms with E-state index in [2.05, 4.69) is 15.8 Å². The van der Waals surface area contributed by atoms with E-state index in [0.717, 1.165) is 21.3 Å². The molecule has 3 nitrogen and oxygen atoms in total. The van der Waals surface area contributed by atoms with Gasteiger partial charge in [-0.3, -0.25) is 0 Å². The molecular weight excluding hydrogens is 266 g/mol. The third kappa shape index (κ3) is 2.63. The van der Waals surface area contributed by atoms with Crippen molar-refractivity contribution in [1.29, 1.82) is 5.26 Å². The Morgan fingerprint density at radius 1 is 1.39 bits per heavy atom. The first-order chi connectivity index (χ1) is 8.61. The van der Waals surface area contributed by atoms with Gasteiger partial charge in [0.05, 0.1) is 5.69 Å². The molecule has 0 saturated heterocycles. The molecule has 1 unspecified atom stereocenters. The van der Waals surface area contributed by atoms with Crippen LogP contribution in [-0.4, -0.2) is 4.37 Å². The first-order valence-corrected chi connectivity index (χ1v) is 6.65. The fraction of sp³-hybridized carbons (Fsp3) is 0.231. The third-order valence-electron chi connectivity index (χ3n) is 2.69. The van der Waals surface area contributed by atoms with Crippen molar-refractivity contribution >= 4 is 28.1 Å². The lowest BCUT2D eigenvalue weighted by atomic mass is 10.1. The van der Waals surface area contributed by atoms with Gasteiger partial charge in [0.2, 0.25) is 0 Å². The Morgan fingerprint density at radius 3 is 2.67 bits per heavy atom. The van der Waals surface area contributed by atoms with Gasteiger partial charge >= 0.3 is 0 Å². The Balaban J connectivity index is 2.19. The normalized spacial score (nSPS) is 11.9. The van der Waals surface area contributed by atoms with Crippen LogP contribution in [0.1, 0.15) is 29.8 Å².